The fraction of sp³-hybridized carbons (Fsp3) is 0.421. The number of H-pyrrole nitrogens is 1. The lowest BCUT2D eigenvalue weighted by atomic mass is 9.95. The highest BCUT2D eigenvalue weighted by molar-refractivity contribution is 6.10. The summed E-state index contributed by atoms with van der Waals surface area (Å²) in [7, 11) is 0. The molecule has 3 aromatic heterocycles. The van der Waals surface area contributed by atoms with E-state index in [-0.39, 0.29) is 17.9 Å². The molecular formula is C19H23N5O. The molecule has 0 aliphatic carbocycles. The van der Waals surface area contributed by atoms with Gasteiger partial charge in [-0.3, -0.25) is 9.78 Å². The number of nitrogens with one attached hydrogen (secondary N) is 2. The zero-order chi connectivity index (χ0) is 17.4. The molecule has 0 aromatic carbocycles. The molecule has 1 fully saturated rings. The number of carbonyl (C=O) groups is 1. The van der Waals surface area contributed by atoms with Crippen LogP contribution in [-0.4, -0.2) is 40.0 Å². The van der Waals surface area contributed by atoms with Gasteiger partial charge in [0.05, 0.1) is 11.7 Å². The summed E-state index contributed by atoms with van der Waals surface area (Å²) >= 11 is 0. The average molecular weight is 337 g/mol. The molecule has 6 heteroatoms. The van der Waals surface area contributed by atoms with Crippen LogP contribution in [0.4, 0.5) is 5.69 Å². The zero-order valence-corrected chi connectivity index (χ0v) is 14.6. The van der Waals surface area contributed by atoms with E-state index >= 15 is 0 Å². The summed E-state index contributed by atoms with van der Waals surface area (Å²) < 4.78 is 0. The van der Waals surface area contributed by atoms with Gasteiger partial charge in [-0.25, -0.2) is 4.98 Å². The van der Waals surface area contributed by atoms with Gasteiger partial charge in [-0.1, -0.05) is 0 Å². The van der Waals surface area contributed by atoms with E-state index in [4.69, 9.17) is 0 Å². The van der Waals surface area contributed by atoms with E-state index in [0.29, 0.717) is 0 Å². The van der Waals surface area contributed by atoms with E-state index < -0.39 is 0 Å². The summed E-state index contributed by atoms with van der Waals surface area (Å²) in [5.41, 5.74) is 2.97. The second-order valence-electron chi connectivity index (χ2n) is 7.01. The molecule has 2 N–H and O–H groups in total. The Morgan fingerprint density at radius 3 is 2.84 bits per heavy atom. The van der Waals surface area contributed by atoms with Gasteiger partial charge < -0.3 is 15.2 Å². The van der Waals surface area contributed by atoms with Gasteiger partial charge in [0.15, 0.2) is 0 Å². The van der Waals surface area contributed by atoms with E-state index in [1.807, 2.05) is 32.4 Å². The van der Waals surface area contributed by atoms with Crippen molar-refractivity contribution in [2.45, 2.75) is 32.7 Å². The third kappa shape index (κ3) is 2.92. The predicted octanol–water partition coefficient (Wildman–Crippen LogP) is 2.85. The molecule has 1 saturated heterocycles. The molecular weight excluding hydrogens is 314 g/mol. The van der Waals surface area contributed by atoms with Gasteiger partial charge in [-0.15, -0.1) is 0 Å². The fourth-order valence-corrected chi connectivity index (χ4v) is 3.68. The van der Waals surface area contributed by atoms with Crippen LogP contribution in [0.1, 0.15) is 26.7 Å². The highest BCUT2D eigenvalue weighted by Gasteiger charge is 2.26. The fourth-order valence-electron chi connectivity index (χ4n) is 3.68. The van der Waals surface area contributed by atoms with Crippen molar-refractivity contribution in [1.29, 1.82) is 0 Å². The molecule has 6 nitrogen and oxygen atoms in total. The number of hydrogen-bond donors (Lipinski definition) is 2. The number of pyridine rings is 2. The van der Waals surface area contributed by atoms with Crippen LogP contribution in [0, 0.1) is 5.92 Å². The van der Waals surface area contributed by atoms with Gasteiger partial charge in [-0.05, 0) is 38.8 Å². The molecule has 0 bridgehead atoms. The standard InChI is InChI=1S/C19H23N5O/c1-12(2)23-19(25)13-5-9-24(10-6-13)16-4-8-20-15-11-22-18-14(17(15)16)3-7-21-18/h3-4,7-8,11-13H,5-6,9-10H2,1-2H3,(H,21,22)(H,23,25). The van der Waals surface area contributed by atoms with Gasteiger partial charge in [0.2, 0.25) is 5.91 Å². The minimum Gasteiger partial charge on any atom is -0.371 e. The normalized spacial score (nSPS) is 16.0. The molecule has 25 heavy (non-hydrogen) atoms. The average Bonchev–Trinajstić information content (AvgIpc) is 3.09. The Balaban J connectivity index is 1.61. The second-order valence-corrected chi connectivity index (χ2v) is 7.01. The summed E-state index contributed by atoms with van der Waals surface area (Å²) in [6.07, 6.45) is 7.33. The smallest absolute Gasteiger partial charge is 0.223 e. The van der Waals surface area contributed by atoms with Crippen molar-refractivity contribution in [3.8, 4) is 0 Å². The van der Waals surface area contributed by atoms with Gasteiger partial charge in [0, 0.05) is 53.9 Å². The van der Waals surface area contributed by atoms with Crippen LogP contribution in [0.25, 0.3) is 21.9 Å². The Morgan fingerprint density at radius 2 is 2.08 bits per heavy atom. The van der Waals surface area contributed by atoms with E-state index in [1.165, 1.54) is 5.69 Å². The number of rotatable bonds is 3. The second kappa shape index (κ2) is 6.35. The first-order valence-corrected chi connectivity index (χ1v) is 8.89. The molecule has 1 aliphatic rings. The van der Waals surface area contributed by atoms with Crippen LogP contribution in [0.15, 0.2) is 30.7 Å². The van der Waals surface area contributed by atoms with Crippen LogP contribution in [0.2, 0.25) is 0 Å². The first-order chi connectivity index (χ1) is 12.1. The van der Waals surface area contributed by atoms with Gasteiger partial charge >= 0.3 is 0 Å². The Labute approximate surface area is 146 Å². The molecule has 4 rings (SSSR count). The van der Waals surface area contributed by atoms with Crippen LogP contribution >= 0.6 is 0 Å². The summed E-state index contributed by atoms with van der Waals surface area (Å²) in [6, 6.07) is 4.33. The Hall–Kier alpha value is -2.63. The monoisotopic (exact) mass is 337 g/mol. The van der Waals surface area contributed by atoms with E-state index in [2.05, 4.69) is 37.3 Å². The largest absolute Gasteiger partial charge is 0.371 e. The molecule has 4 heterocycles. The maximum atomic E-state index is 12.3. The van der Waals surface area contributed by atoms with Crippen molar-refractivity contribution in [2.75, 3.05) is 18.0 Å². The number of aromatic nitrogens is 3. The third-order valence-electron chi connectivity index (χ3n) is 4.91. The quantitative estimate of drug-likeness (QED) is 0.771. The van der Waals surface area contributed by atoms with Crippen molar-refractivity contribution in [1.82, 2.24) is 20.3 Å². The Morgan fingerprint density at radius 1 is 1.28 bits per heavy atom. The Kier molecular flexibility index (Phi) is 4.03. The highest BCUT2D eigenvalue weighted by Crippen LogP contribution is 2.33. The number of anilines is 1. The lowest BCUT2D eigenvalue weighted by molar-refractivity contribution is -0.126. The molecule has 1 aliphatic heterocycles. The summed E-state index contributed by atoms with van der Waals surface area (Å²) in [6.45, 7) is 5.77. The summed E-state index contributed by atoms with van der Waals surface area (Å²) in [5.74, 6) is 0.298. The first-order valence-electron chi connectivity index (χ1n) is 8.89. The van der Waals surface area contributed by atoms with E-state index in [0.717, 1.165) is 47.9 Å². The maximum absolute atomic E-state index is 12.3. The number of amides is 1. The predicted molar refractivity (Wildman–Crippen MR) is 99.6 cm³/mol. The van der Waals surface area contributed by atoms with E-state index in [1.54, 1.807) is 0 Å². The van der Waals surface area contributed by atoms with Crippen molar-refractivity contribution in [3.05, 3.63) is 30.7 Å². The van der Waals surface area contributed by atoms with Crippen molar-refractivity contribution >= 4 is 33.5 Å². The molecule has 1 amide bonds. The number of hydrogen-bond acceptors (Lipinski definition) is 4. The van der Waals surface area contributed by atoms with Crippen molar-refractivity contribution < 1.29 is 4.79 Å². The third-order valence-corrected chi connectivity index (χ3v) is 4.91. The molecule has 0 spiro atoms. The summed E-state index contributed by atoms with van der Waals surface area (Å²) in [4.78, 5) is 26.7. The molecule has 0 saturated carbocycles. The van der Waals surface area contributed by atoms with Gasteiger partial charge in [0.1, 0.15) is 5.65 Å². The lowest BCUT2D eigenvalue weighted by Crippen LogP contribution is -2.42. The molecule has 3 aromatic rings. The Bertz CT molecular complexity index is 908. The topological polar surface area (TPSA) is 73.9 Å². The van der Waals surface area contributed by atoms with Crippen LogP contribution in [0.5, 0.6) is 0 Å². The van der Waals surface area contributed by atoms with Gasteiger partial charge in [0.25, 0.3) is 0 Å². The van der Waals surface area contributed by atoms with Gasteiger partial charge in [-0.2, -0.15) is 0 Å². The first kappa shape index (κ1) is 15.9. The van der Waals surface area contributed by atoms with Crippen LogP contribution in [0.3, 0.4) is 0 Å². The van der Waals surface area contributed by atoms with Crippen molar-refractivity contribution in [3.63, 3.8) is 0 Å². The molecule has 0 radical (unpaired) electrons. The molecule has 0 atom stereocenters. The SMILES string of the molecule is CC(C)NC(=O)C1CCN(c2ccnc3cnc4[nH]ccc4c23)CC1. The number of carbonyl (C=O) groups excluding carboxylic acids is 1. The maximum Gasteiger partial charge on any atom is 0.223 e. The van der Waals surface area contributed by atoms with E-state index in [9.17, 15) is 4.79 Å². The zero-order valence-electron chi connectivity index (χ0n) is 14.6. The molecule has 0 unspecified atom stereocenters. The molecule has 130 valence electrons. The number of nitrogens with zero attached hydrogens (tertiary/aromatic N) is 3. The summed E-state index contributed by atoms with van der Waals surface area (Å²) in [5, 5.41) is 5.27. The minimum absolute atomic E-state index is 0.112. The lowest BCUT2D eigenvalue weighted by Gasteiger charge is -2.34. The number of piperidine rings is 1. The van der Waals surface area contributed by atoms with Crippen molar-refractivity contribution in [2.24, 2.45) is 5.92 Å². The highest BCUT2D eigenvalue weighted by atomic mass is 16.1. The number of fused-ring (bicyclic) bond motifs is 3. The minimum atomic E-state index is 0.112. The van der Waals surface area contributed by atoms with Crippen LogP contribution < -0.4 is 10.2 Å². The van der Waals surface area contributed by atoms with Crippen LogP contribution in [-0.2, 0) is 4.79 Å². The number of aromatic amines is 1.